The quantitative estimate of drug-likeness (QED) is 0.364. The van der Waals surface area contributed by atoms with Gasteiger partial charge in [0, 0.05) is 0 Å². The van der Waals surface area contributed by atoms with Crippen LogP contribution in [-0.4, -0.2) is 25.2 Å². The zero-order chi connectivity index (χ0) is 14.9. The van der Waals surface area contributed by atoms with Crippen LogP contribution in [0.4, 0.5) is 0 Å². The first kappa shape index (κ1) is 20.3. The van der Waals surface area contributed by atoms with Gasteiger partial charge in [0.1, 0.15) is 6.42 Å². The highest BCUT2D eigenvalue weighted by Crippen LogP contribution is 1.96. The first-order valence-corrected chi connectivity index (χ1v) is 7.43. The Kier molecular flexibility index (Phi) is 18.1. The molecular weight excluding hydrogens is 244 g/mol. The summed E-state index contributed by atoms with van der Waals surface area (Å²) in [6.45, 7) is 9.15. The van der Waals surface area contributed by atoms with E-state index in [1.807, 2.05) is 13.8 Å². The van der Waals surface area contributed by atoms with Crippen molar-refractivity contribution >= 4 is 11.9 Å². The summed E-state index contributed by atoms with van der Waals surface area (Å²) in [5.74, 6) is -0.991. The van der Waals surface area contributed by atoms with Crippen LogP contribution in [0.1, 0.15) is 72.6 Å². The van der Waals surface area contributed by atoms with Crippen molar-refractivity contribution in [3.05, 3.63) is 0 Å². The maximum absolute atomic E-state index is 11.0. The molecule has 0 radical (unpaired) electrons. The number of unbranched alkanes of at least 4 members (excludes halogenated alkanes) is 3. The molecule has 0 aromatic heterocycles. The third kappa shape index (κ3) is 19.5. The molecule has 0 aliphatic rings. The van der Waals surface area contributed by atoms with Gasteiger partial charge in [-0.15, -0.1) is 0 Å². The molecular formula is C15H30O4. The van der Waals surface area contributed by atoms with Crippen LogP contribution >= 0.6 is 0 Å². The van der Waals surface area contributed by atoms with Gasteiger partial charge in [0.25, 0.3) is 0 Å². The van der Waals surface area contributed by atoms with Crippen molar-refractivity contribution in [2.45, 2.75) is 72.6 Å². The lowest BCUT2D eigenvalue weighted by Crippen LogP contribution is -2.14. The van der Waals surface area contributed by atoms with Crippen molar-refractivity contribution in [1.82, 2.24) is 0 Å². The average molecular weight is 274 g/mol. The van der Waals surface area contributed by atoms with Crippen molar-refractivity contribution in [1.29, 1.82) is 0 Å². The summed E-state index contributed by atoms with van der Waals surface area (Å²) in [5.41, 5.74) is 0. The molecule has 0 aliphatic heterocycles. The normalized spacial score (nSPS) is 9.26. The molecule has 0 saturated carbocycles. The van der Waals surface area contributed by atoms with E-state index in [9.17, 15) is 9.59 Å². The zero-order valence-electron chi connectivity index (χ0n) is 13.0. The fourth-order valence-electron chi connectivity index (χ4n) is 0.881. The largest absolute Gasteiger partial charge is 0.465 e. The van der Waals surface area contributed by atoms with E-state index in [1.54, 1.807) is 0 Å². The van der Waals surface area contributed by atoms with Crippen LogP contribution in [0.15, 0.2) is 0 Å². The summed E-state index contributed by atoms with van der Waals surface area (Å²) in [7, 11) is 0. The van der Waals surface area contributed by atoms with Crippen molar-refractivity contribution in [3.63, 3.8) is 0 Å². The molecule has 0 amide bonds. The van der Waals surface area contributed by atoms with Crippen molar-refractivity contribution < 1.29 is 19.1 Å². The minimum Gasteiger partial charge on any atom is -0.465 e. The predicted molar refractivity (Wildman–Crippen MR) is 76.9 cm³/mol. The fourth-order valence-corrected chi connectivity index (χ4v) is 0.881. The third-order valence-electron chi connectivity index (χ3n) is 2.31. The van der Waals surface area contributed by atoms with Gasteiger partial charge in [-0.25, -0.2) is 0 Å². The molecule has 0 saturated heterocycles. The molecule has 0 spiro atoms. The van der Waals surface area contributed by atoms with Gasteiger partial charge in [0.2, 0.25) is 0 Å². The Bertz CT molecular complexity index is 192. The van der Waals surface area contributed by atoms with Crippen LogP contribution in [0.25, 0.3) is 0 Å². The fraction of sp³-hybridized carbons (Fsp3) is 0.867. The molecule has 0 fully saturated rings. The lowest BCUT2D eigenvalue weighted by atomic mass is 10.3. The second kappa shape index (κ2) is 16.9. The van der Waals surface area contributed by atoms with Crippen LogP contribution in [0.2, 0.25) is 0 Å². The number of hydrogen-bond acceptors (Lipinski definition) is 4. The van der Waals surface area contributed by atoms with Gasteiger partial charge in [-0.1, -0.05) is 53.4 Å². The Morgan fingerprint density at radius 3 is 1.32 bits per heavy atom. The molecule has 4 nitrogen and oxygen atoms in total. The number of rotatable bonds is 9. The maximum atomic E-state index is 11.0. The van der Waals surface area contributed by atoms with Crippen molar-refractivity contribution in [3.8, 4) is 0 Å². The zero-order valence-corrected chi connectivity index (χ0v) is 13.0. The Hall–Kier alpha value is -1.06. The first-order valence-electron chi connectivity index (χ1n) is 7.43. The maximum Gasteiger partial charge on any atom is 0.317 e. The Morgan fingerprint density at radius 1 is 0.684 bits per heavy atom. The molecule has 114 valence electrons. The smallest absolute Gasteiger partial charge is 0.317 e. The molecule has 0 aliphatic carbocycles. The van der Waals surface area contributed by atoms with Crippen LogP contribution in [0, 0.1) is 0 Å². The molecule has 0 heterocycles. The van der Waals surface area contributed by atoms with E-state index in [-0.39, 0.29) is 6.42 Å². The van der Waals surface area contributed by atoms with Gasteiger partial charge >= 0.3 is 11.9 Å². The summed E-state index contributed by atoms with van der Waals surface area (Å²) in [6, 6.07) is 0. The molecule has 0 atom stereocenters. The third-order valence-corrected chi connectivity index (χ3v) is 2.31. The average Bonchev–Trinajstić information content (AvgIpc) is 2.39. The molecule has 0 aromatic rings. The van der Waals surface area contributed by atoms with E-state index in [0.717, 1.165) is 25.7 Å². The number of esters is 2. The van der Waals surface area contributed by atoms with E-state index in [2.05, 4.69) is 13.8 Å². The van der Waals surface area contributed by atoms with Gasteiger partial charge < -0.3 is 9.47 Å². The predicted octanol–water partition coefficient (Wildman–Crippen LogP) is 3.87. The van der Waals surface area contributed by atoms with Crippen LogP contribution < -0.4 is 0 Å². The van der Waals surface area contributed by atoms with Crippen LogP contribution in [0.3, 0.4) is 0 Å². The second-order valence-corrected chi connectivity index (χ2v) is 4.32. The Balaban J connectivity index is 0. The highest BCUT2D eigenvalue weighted by Gasteiger charge is 2.11. The van der Waals surface area contributed by atoms with Gasteiger partial charge in [-0.2, -0.15) is 0 Å². The SMILES string of the molecule is CCCC.CCCCOC(=O)CC(=O)OCCCC. The minimum atomic E-state index is -0.495. The summed E-state index contributed by atoms with van der Waals surface area (Å²) in [5, 5.41) is 0. The van der Waals surface area contributed by atoms with Crippen molar-refractivity contribution in [2.75, 3.05) is 13.2 Å². The molecule has 0 N–H and O–H groups in total. The molecule has 19 heavy (non-hydrogen) atoms. The van der Waals surface area contributed by atoms with E-state index >= 15 is 0 Å². The number of ether oxygens (including phenoxy) is 2. The van der Waals surface area contributed by atoms with Gasteiger partial charge in [-0.3, -0.25) is 9.59 Å². The summed E-state index contributed by atoms with van der Waals surface area (Å²) in [6.07, 6.45) is 5.96. The van der Waals surface area contributed by atoms with E-state index in [0.29, 0.717) is 13.2 Å². The second-order valence-electron chi connectivity index (χ2n) is 4.32. The van der Waals surface area contributed by atoms with Crippen molar-refractivity contribution in [2.24, 2.45) is 0 Å². The molecule has 0 rings (SSSR count). The number of carbonyl (C=O) groups is 2. The first-order chi connectivity index (χ1) is 9.12. The summed E-state index contributed by atoms with van der Waals surface area (Å²) >= 11 is 0. The summed E-state index contributed by atoms with van der Waals surface area (Å²) < 4.78 is 9.64. The van der Waals surface area contributed by atoms with Crippen LogP contribution in [-0.2, 0) is 19.1 Å². The topological polar surface area (TPSA) is 52.6 Å². The monoisotopic (exact) mass is 274 g/mol. The van der Waals surface area contributed by atoms with Gasteiger partial charge in [0.15, 0.2) is 0 Å². The highest BCUT2D eigenvalue weighted by molar-refractivity contribution is 5.91. The summed E-state index contributed by atoms with van der Waals surface area (Å²) in [4.78, 5) is 22.1. The lowest BCUT2D eigenvalue weighted by Gasteiger charge is -2.04. The number of carbonyl (C=O) groups excluding carboxylic acids is 2. The number of hydrogen-bond donors (Lipinski definition) is 0. The lowest BCUT2D eigenvalue weighted by molar-refractivity contribution is -0.154. The molecule has 0 aromatic carbocycles. The standard InChI is InChI=1S/C11H20O4.C4H10/c1-3-5-7-14-10(12)9-11(13)15-8-6-4-2;1-3-4-2/h3-9H2,1-2H3;3-4H2,1-2H3. The van der Waals surface area contributed by atoms with Gasteiger partial charge in [-0.05, 0) is 12.8 Å². The van der Waals surface area contributed by atoms with Gasteiger partial charge in [0.05, 0.1) is 13.2 Å². The highest BCUT2D eigenvalue weighted by atomic mass is 16.6. The minimum absolute atomic E-state index is 0.270. The van der Waals surface area contributed by atoms with E-state index in [4.69, 9.17) is 9.47 Å². The molecule has 0 bridgehead atoms. The molecule has 0 unspecified atom stereocenters. The Labute approximate surface area is 117 Å². The Morgan fingerprint density at radius 2 is 1.05 bits per heavy atom. The van der Waals surface area contributed by atoms with E-state index in [1.165, 1.54) is 12.8 Å². The van der Waals surface area contributed by atoms with Crippen LogP contribution in [0.5, 0.6) is 0 Å². The molecule has 4 heteroatoms. The van der Waals surface area contributed by atoms with E-state index < -0.39 is 11.9 Å².